The van der Waals surface area contributed by atoms with Crippen molar-refractivity contribution < 1.29 is 9.53 Å². The topological polar surface area (TPSA) is 73.2 Å². The van der Waals surface area contributed by atoms with Gasteiger partial charge in [-0.15, -0.1) is 0 Å². The summed E-state index contributed by atoms with van der Waals surface area (Å²) in [6.45, 7) is 0.796. The number of hydrogen-bond acceptors (Lipinski definition) is 4. The van der Waals surface area contributed by atoms with Crippen LogP contribution in [0.25, 0.3) is 10.9 Å². The molecule has 0 fully saturated rings. The number of nitrogens with one attached hydrogen (secondary N) is 1. The maximum Gasteiger partial charge on any atom is 0.261 e. The Morgan fingerprint density at radius 1 is 1.50 bits per heavy atom. The second-order valence-corrected chi connectivity index (χ2v) is 5.10. The second kappa shape index (κ2) is 6.62. The molecule has 1 heterocycles. The molecule has 20 heavy (non-hydrogen) atoms. The van der Waals surface area contributed by atoms with Crippen LogP contribution in [0.5, 0.6) is 0 Å². The molecule has 1 aromatic carbocycles. The van der Waals surface area contributed by atoms with Crippen LogP contribution in [-0.4, -0.2) is 35.7 Å². The van der Waals surface area contributed by atoms with Crippen molar-refractivity contribution in [2.24, 2.45) is 0 Å². The number of fused-ring (bicyclic) bond motifs is 1. The Bertz CT molecular complexity index is 684. The Labute approximate surface area is 123 Å². The van der Waals surface area contributed by atoms with Crippen LogP contribution in [0.1, 0.15) is 0 Å². The van der Waals surface area contributed by atoms with Gasteiger partial charge in [0.1, 0.15) is 6.54 Å². The molecule has 106 valence electrons. The van der Waals surface area contributed by atoms with Gasteiger partial charge in [0.15, 0.2) is 0 Å². The Morgan fingerprint density at radius 2 is 2.30 bits per heavy atom. The predicted molar refractivity (Wildman–Crippen MR) is 78.6 cm³/mol. The molecule has 0 atom stereocenters. The van der Waals surface area contributed by atoms with Crippen LogP contribution < -0.4 is 10.9 Å². The van der Waals surface area contributed by atoms with Gasteiger partial charge in [0, 0.05) is 18.1 Å². The number of amides is 1. The van der Waals surface area contributed by atoms with E-state index in [1.54, 1.807) is 25.3 Å². The number of nitrogens with zero attached hydrogens (tertiary/aromatic N) is 2. The largest absolute Gasteiger partial charge is 0.383 e. The summed E-state index contributed by atoms with van der Waals surface area (Å²) in [5.41, 5.74) is 0.366. The zero-order chi connectivity index (χ0) is 14.5. The summed E-state index contributed by atoms with van der Waals surface area (Å²) in [6, 6.07) is 5.22. The number of aromatic nitrogens is 2. The van der Waals surface area contributed by atoms with Crippen LogP contribution in [0.15, 0.2) is 33.8 Å². The quantitative estimate of drug-likeness (QED) is 0.822. The second-order valence-electron chi connectivity index (χ2n) is 4.18. The maximum absolute atomic E-state index is 12.2. The number of hydrogen-bond donors (Lipinski definition) is 1. The highest BCUT2D eigenvalue weighted by atomic mass is 79.9. The van der Waals surface area contributed by atoms with Crippen molar-refractivity contribution in [2.75, 3.05) is 20.3 Å². The van der Waals surface area contributed by atoms with Crippen molar-refractivity contribution in [3.05, 3.63) is 39.4 Å². The maximum atomic E-state index is 12.2. The Morgan fingerprint density at radius 3 is 3.05 bits per heavy atom. The molecule has 0 saturated heterocycles. The first-order chi connectivity index (χ1) is 9.61. The van der Waals surface area contributed by atoms with Crippen molar-refractivity contribution in [3.63, 3.8) is 0 Å². The van der Waals surface area contributed by atoms with Gasteiger partial charge in [0.05, 0.1) is 23.8 Å². The molecule has 0 saturated carbocycles. The number of halogens is 1. The summed E-state index contributed by atoms with van der Waals surface area (Å²) >= 11 is 3.33. The standard InChI is InChI=1S/C13H14BrN3O3/c1-20-5-4-15-12(18)7-17-8-16-11-6-9(14)2-3-10(11)13(17)19/h2-3,6,8H,4-5,7H2,1H3,(H,15,18). The first kappa shape index (κ1) is 14.7. The fraction of sp³-hybridized carbons (Fsp3) is 0.308. The van der Waals surface area contributed by atoms with Gasteiger partial charge in [0.2, 0.25) is 5.91 Å². The van der Waals surface area contributed by atoms with Crippen molar-refractivity contribution in [3.8, 4) is 0 Å². The number of benzene rings is 1. The van der Waals surface area contributed by atoms with E-state index in [-0.39, 0.29) is 18.0 Å². The molecule has 0 bridgehead atoms. The van der Waals surface area contributed by atoms with Crippen LogP contribution in [0.4, 0.5) is 0 Å². The smallest absolute Gasteiger partial charge is 0.261 e. The van der Waals surface area contributed by atoms with Gasteiger partial charge in [-0.2, -0.15) is 0 Å². The summed E-state index contributed by atoms with van der Waals surface area (Å²) in [7, 11) is 1.56. The van der Waals surface area contributed by atoms with Crippen LogP contribution in [0.3, 0.4) is 0 Å². The van der Waals surface area contributed by atoms with E-state index in [1.807, 2.05) is 0 Å². The zero-order valence-electron chi connectivity index (χ0n) is 10.9. The van der Waals surface area contributed by atoms with Crippen LogP contribution >= 0.6 is 15.9 Å². The van der Waals surface area contributed by atoms with E-state index >= 15 is 0 Å². The van der Waals surface area contributed by atoms with E-state index in [2.05, 4.69) is 26.2 Å². The molecule has 0 aliphatic heterocycles. The first-order valence-corrected chi connectivity index (χ1v) is 6.81. The highest BCUT2D eigenvalue weighted by Crippen LogP contribution is 2.14. The zero-order valence-corrected chi connectivity index (χ0v) is 12.5. The molecule has 0 radical (unpaired) electrons. The minimum Gasteiger partial charge on any atom is -0.383 e. The molecule has 0 unspecified atom stereocenters. The monoisotopic (exact) mass is 339 g/mol. The molecule has 2 rings (SSSR count). The summed E-state index contributed by atoms with van der Waals surface area (Å²) in [5, 5.41) is 3.14. The molecular weight excluding hydrogens is 326 g/mol. The molecule has 0 spiro atoms. The minimum absolute atomic E-state index is 0.0540. The number of ether oxygens (including phenoxy) is 1. The molecule has 7 heteroatoms. The van der Waals surface area contributed by atoms with Crippen molar-refractivity contribution in [1.82, 2.24) is 14.9 Å². The van der Waals surface area contributed by atoms with E-state index in [1.165, 1.54) is 10.9 Å². The van der Waals surface area contributed by atoms with Crippen LogP contribution in [-0.2, 0) is 16.1 Å². The summed E-state index contributed by atoms with van der Waals surface area (Å²) in [6.07, 6.45) is 1.38. The fourth-order valence-electron chi connectivity index (χ4n) is 1.75. The molecule has 0 aliphatic carbocycles. The molecule has 1 aromatic heterocycles. The number of rotatable bonds is 5. The molecule has 2 aromatic rings. The first-order valence-electron chi connectivity index (χ1n) is 6.02. The normalized spacial score (nSPS) is 10.7. The van der Waals surface area contributed by atoms with E-state index in [9.17, 15) is 9.59 Å². The average molecular weight is 340 g/mol. The summed E-state index contributed by atoms with van der Waals surface area (Å²) in [4.78, 5) is 28.1. The van der Waals surface area contributed by atoms with Gasteiger partial charge in [-0.3, -0.25) is 14.2 Å². The Balaban J connectivity index is 2.19. The lowest BCUT2D eigenvalue weighted by Gasteiger charge is -2.07. The Hall–Kier alpha value is -1.73. The van der Waals surface area contributed by atoms with Crippen molar-refractivity contribution >= 4 is 32.7 Å². The number of carbonyl (C=O) groups is 1. The van der Waals surface area contributed by atoms with Gasteiger partial charge in [-0.05, 0) is 18.2 Å². The van der Waals surface area contributed by atoms with Crippen molar-refractivity contribution in [1.29, 1.82) is 0 Å². The lowest BCUT2D eigenvalue weighted by Crippen LogP contribution is -2.34. The summed E-state index contributed by atoms with van der Waals surface area (Å²) < 4.78 is 6.98. The van der Waals surface area contributed by atoms with Gasteiger partial charge >= 0.3 is 0 Å². The highest BCUT2D eigenvalue weighted by Gasteiger charge is 2.08. The fourth-order valence-corrected chi connectivity index (χ4v) is 2.10. The molecule has 1 amide bonds. The highest BCUT2D eigenvalue weighted by molar-refractivity contribution is 9.10. The van der Waals surface area contributed by atoms with Crippen LogP contribution in [0.2, 0.25) is 0 Å². The van der Waals surface area contributed by atoms with E-state index in [0.717, 1.165) is 4.47 Å². The average Bonchev–Trinajstić information content (AvgIpc) is 2.42. The Kier molecular flexibility index (Phi) is 4.86. The van der Waals surface area contributed by atoms with E-state index < -0.39 is 0 Å². The molecule has 1 N–H and O–H groups in total. The molecule has 0 aliphatic rings. The molecule has 6 nitrogen and oxygen atoms in total. The third-order valence-electron chi connectivity index (χ3n) is 2.73. The van der Waals surface area contributed by atoms with Gasteiger partial charge in [-0.25, -0.2) is 4.98 Å². The third kappa shape index (κ3) is 3.43. The van der Waals surface area contributed by atoms with Crippen LogP contribution in [0, 0.1) is 0 Å². The third-order valence-corrected chi connectivity index (χ3v) is 3.22. The van der Waals surface area contributed by atoms with E-state index in [0.29, 0.717) is 24.1 Å². The van der Waals surface area contributed by atoms with Gasteiger partial charge in [0.25, 0.3) is 5.56 Å². The van der Waals surface area contributed by atoms with Crippen molar-refractivity contribution in [2.45, 2.75) is 6.54 Å². The van der Waals surface area contributed by atoms with E-state index in [4.69, 9.17) is 4.74 Å². The minimum atomic E-state index is -0.248. The number of carbonyl (C=O) groups excluding carboxylic acids is 1. The SMILES string of the molecule is COCCNC(=O)Cn1cnc2cc(Br)ccc2c1=O. The lowest BCUT2D eigenvalue weighted by atomic mass is 10.2. The lowest BCUT2D eigenvalue weighted by molar-refractivity contribution is -0.121. The van der Waals surface area contributed by atoms with Gasteiger partial charge in [-0.1, -0.05) is 15.9 Å². The summed E-state index contributed by atoms with van der Waals surface area (Å²) in [5.74, 6) is -0.248. The number of methoxy groups -OCH3 is 1. The predicted octanol–water partition coefficient (Wildman–Crippen LogP) is 0.922. The molecular formula is C13H14BrN3O3. The van der Waals surface area contributed by atoms with Gasteiger partial charge < -0.3 is 10.1 Å².